The normalized spacial score (nSPS) is 10.3. The summed E-state index contributed by atoms with van der Waals surface area (Å²) in [5.41, 5.74) is 2.71. The number of nitrogens with one attached hydrogen (secondary N) is 1. The number of hydrogen-bond donors (Lipinski definition) is 2. The number of hydrogen-bond acceptors (Lipinski definition) is 3. The van der Waals surface area contributed by atoms with E-state index in [1.54, 1.807) is 37.4 Å². The highest BCUT2D eigenvalue weighted by Gasteiger charge is 2.12. The average molecular weight is 271 g/mol. The maximum absolute atomic E-state index is 12.3. The van der Waals surface area contributed by atoms with E-state index in [4.69, 9.17) is 4.74 Å². The van der Waals surface area contributed by atoms with E-state index in [2.05, 4.69) is 5.32 Å². The van der Waals surface area contributed by atoms with Crippen molar-refractivity contribution < 1.29 is 14.6 Å². The fourth-order valence-corrected chi connectivity index (χ4v) is 1.96. The number of benzene rings is 2. The standard InChI is InChI=1S/C16H17NO3/c1-11-7-8-15(18)14(9-11)17-16(19)13-6-4-3-5-12(13)10-20-2/h3-9,18H,10H2,1-2H3,(H,17,19). The summed E-state index contributed by atoms with van der Waals surface area (Å²) < 4.78 is 5.08. The van der Waals surface area contributed by atoms with Gasteiger partial charge in [0.2, 0.25) is 0 Å². The van der Waals surface area contributed by atoms with Crippen LogP contribution in [0.2, 0.25) is 0 Å². The Kier molecular flexibility index (Phi) is 4.38. The number of amides is 1. The Hall–Kier alpha value is -2.33. The molecule has 104 valence electrons. The molecule has 2 aromatic carbocycles. The molecule has 2 aromatic rings. The first-order valence-electron chi connectivity index (χ1n) is 6.29. The van der Waals surface area contributed by atoms with Crippen LogP contribution in [0.15, 0.2) is 42.5 Å². The number of carbonyl (C=O) groups is 1. The third kappa shape index (κ3) is 3.16. The number of phenolic OH excluding ortho intramolecular Hbond substituents is 1. The van der Waals surface area contributed by atoms with Crippen LogP contribution in [-0.4, -0.2) is 18.1 Å². The van der Waals surface area contributed by atoms with Gasteiger partial charge in [0.05, 0.1) is 12.3 Å². The molecule has 0 fully saturated rings. The molecule has 0 aliphatic heterocycles. The first-order valence-corrected chi connectivity index (χ1v) is 6.29. The quantitative estimate of drug-likeness (QED) is 0.840. The number of carbonyl (C=O) groups excluding carboxylic acids is 1. The lowest BCUT2D eigenvalue weighted by molar-refractivity contribution is 0.102. The summed E-state index contributed by atoms with van der Waals surface area (Å²) >= 11 is 0. The van der Waals surface area contributed by atoms with Crippen LogP contribution >= 0.6 is 0 Å². The minimum absolute atomic E-state index is 0.0492. The Bertz CT molecular complexity index is 623. The fraction of sp³-hybridized carbons (Fsp3) is 0.188. The topological polar surface area (TPSA) is 58.6 Å². The second-order valence-corrected chi connectivity index (χ2v) is 4.56. The number of methoxy groups -OCH3 is 1. The highest BCUT2D eigenvalue weighted by molar-refractivity contribution is 6.06. The molecular weight excluding hydrogens is 254 g/mol. The van der Waals surface area contributed by atoms with Gasteiger partial charge in [0.1, 0.15) is 5.75 Å². The van der Waals surface area contributed by atoms with Crippen molar-refractivity contribution in [2.75, 3.05) is 12.4 Å². The molecule has 0 saturated heterocycles. The Morgan fingerprint density at radius 3 is 2.75 bits per heavy atom. The molecule has 0 heterocycles. The number of aryl methyl sites for hydroxylation is 1. The van der Waals surface area contributed by atoms with Crippen LogP contribution < -0.4 is 5.32 Å². The Labute approximate surface area is 118 Å². The summed E-state index contributed by atoms with van der Waals surface area (Å²) in [5, 5.41) is 12.5. The molecule has 0 unspecified atom stereocenters. The largest absolute Gasteiger partial charge is 0.506 e. The Morgan fingerprint density at radius 1 is 1.25 bits per heavy atom. The first-order chi connectivity index (χ1) is 9.61. The van der Waals surface area contributed by atoms with Crippen molar-refractivity contribution in [3.8, 4) is 5.75 Å². The zero-order valence-electron chi connectivity index (χ0n) is 11.5. The molecule has 0 atom stereocenters. The molecule has 0 radical (unpaired) electrons. The van der Waals surface area contributed by atoms with Gasteiger partial charge in [-0.25, -0.2) is 0 Å². The number of anilines is 1. The van der Waals surface area contributed by atoms with Gasteiger partial charge in [-0.15, -0.1) is 0 Å². The molecule has 0 aliphatic carbocycles. The van der Waals surface area contributed by atoms with E-state index in [1.807, 2.05) is 19.1 Å². The smallest absolute Gasteiger partial charge is 0.256 e. The van der Waals surface area contributed by atoms with Gasteiger partial charge in [-0.3, -0.25) is 4.79 Å². The zero-order chi connectivity index (χ0) is 14.5. The lowest BCUT2D eigenvalue weighted by atomic mass is 10.1. The van der Waals surface area contributed by atoms with E-state index in [-0.39, 0.29) is 11.7 Å². The van der Waals surface area contributed by atoms with E-state index < -0.39 is 0 Å². The number of ether oxygens (including phenoxy) is 1. The minimum atomic E-state index is -0.265. The fourth-order valence-electron chi connectivity index (χ4n) is 1.96. The Balaban J connectivity index is 2.26. The summed E-state index contributed by atoms with van der Waals surface area (Å²) in [7, 11) is 1.58. The van der Waals surface area contributed by atoms with E-state index in [0.717, 1.165) is 11.1 Å². The molecule has 0 spiro atoms. The average Bonchev–Trinajstić information content (AvgIpc) is 2.44. The van der Waals surface area contributed by atoms with Crippen molar-refractivity contribution in [1.82, 2.24) is 0 Å². The molecule has 20 heavy (non-hydrogen) atoms. The predicted molar refractivity (Wildman–Crippen MR) is 78.0 cm³/mol. The summed E-state index contributed by atoms with van der Waals surface area (Å²) in [4.78, 5) is 12.3. The third-order valence-corrected chi connectivity index (χ3v) is 2.96. The van der Waals surface area contributed by atoms with Crippen molar-refractivity contribution in [3.05, 3.63) is 59.2 Å². The molecule has 0 aromatic heterocycles. The third-order valence-electron chi connectivity index (χ3n) is 2.96. The predicted octanol–water partition coefficient (Wildman–Crippen LogP) is 3.10. The SMILES string of the molecule is COCc1ccccc1C(=O)Nc1cc(C)ccc1O. The number of rotatable bonds is 4. The second kappa shape index (κ2) is 6.21. The van der Waals surface area contributed by atoms with Gasteiger partial charge in [-0.1, -0.05) is 24.3 Å². The van der Waals surface area contributed by atoms with Crippen LogP contribution in [-0.2, 0) is 11.3 Å². The summed E-state index contributed by atoms with van der Waals surface area (Å²) in [6.45, 7) is 2.26. The van der Waals surface area contributed by atoms with Gasteiger partial charge in [-0.05, 0) is 36.2 Å². The van der Waals surface area contributed by atoms with E-state index >= 15 is 0 Å². The van der Waals surface area contributed by atoms with Gasteiger partial charge in [0.25, 0.3) is 5.91 Å². The monoisotopic (exact) mass is 271 g/mol. The van der Waals surface area contributed by atoms with Crippen LogP contribution in [0.4, 0.5) is 5.69 Å². The van der Waals surface area contributed by atoms with Crippen LogP contribution in [0.3, 0.4) is 0 Å². The van der Waals surface area contributed by atoms with Crippen molar-refractivity contribution in [2.45, 2.75) is 13.5 Å². The van der Waals surface area contributed by atoms with Gasteiger partial charge in [-0.2, -0.15) is 0 Å². The van der Waals surface area contributed by atoms with Gasteiger partial charge < -0.3 is 15.2 Å². The van der Waals surface area contributed by atoms with Crippen LogP contribution in [0.1, 0.15) is 21.5 Å². The highest BCUT2D eigenvalue weighted by atomic mass is 16.5. The molecule has 0 aliphatic rings. The Morgan fingerprint density at radius 2 is 2.00 bits per heavy atom. The molecular formula is C16H17NO3. The first kappa shape index (κ1) is 14.1. The van der Waals surface area contributed by atoms with Crippen molar-refractivity contribution in [1.29, 1.82) is 0 Å². The van der Waals surface area contributed by atoms with Crippen LogP contribution in [0.5, 0.6) is 5.75 Å². The van der Waals surface area contributed by atoms with Crippen LogP contribution in [0, 0.1) is 6.92 Å². The van der Waals surface area contributed by atoms with Crippen molar-refractivity contribution in [2.24, 2.45) is 0 Å². The van der Waals surface area contributed by atoms with Crippen LogP contribution in [0.25, 0.3) is 0 Å². The van der Waals surface area contributed by atoms with Gasteiger partial charge in [0.15, 0.2) is 0 Å². The highest BCUT2D eigenvalue weighted by Crippen LogP contribution is 2.25. The molecule has 0 saturated carbocycles. The molecule has 1 amide bonds. The second-order valence-electron chi connectivity index (χ2n) is 4.56. The molecule has 4 heteroatoms. The summed E-state index contributed by atoms with van der Waals surface area (Å²) in [5.74, 6) is -0.216. The lowest BCUT2D eigenvalue weighted by Crippen LogP contribution is -2.14. The van der Waals surface area contributed by atoms with E-state index in [0.29, 0.717) is 17.9 Å². The number of phenols is 1. The van der Waals surface area contributed by atoms with E-state index in [1.165, 1.54) is 0 Å². The zero-order valence-corrected chi connectivity index (χ0v) is 11.5. The molecule has 2 rings (SSSR count). The molecule has 2 N–H and O–H groups in total. The number of aromatic hydroxyl groups is 1. The molecule has 0 bridgehead atoms. The van der Waals surface area contributed by atoms with Crippen molar-refractivity contribution in [3.63, 3.8) is 0 Å². The van der Waals surface area contributed by atoms with E-state index in [9.17, 15) is 9.90 Å². The summed E-state index contributed by atoms with van der Waals surface area (Å²) in [6, 6.07) is 12.3. The minimum Gasteiger partial charge on any atom is -0.506 e. The maximum atomic E-state index is 12.3. The van der Waals surface area contributed by atoms with Gasteiger partial charge >= 0.3 is 0 Å². The lowest BCUT2D eigenvalue weighted by Gasteiger charge is -2.11. The van der Waals surface area contributed by atoms with Crippen molar-refractivity contribution >= 4 is 11.6 Å². The summed E-state index contributed by atoms with van der Waals surface area (Å²) in [6.07, 6.45) is 0. The molecule has 4 nitrogen and oxygen atoms in total. The van der Waals surface area contributed by atoms with Gasteiger partial charge in [0, 0.05) is 12.7 Å². The maximum Gasteiger partial charge on any atom is 0.256 e.